The zero-order valence-electron chi connectivity index (χ0n) is 12.0. The van der Waals surface area contributed by atoms with Crippen molar-refractivity contribution in [1.29, 1.82) is 0 Å². The lowest BCUT2D eigenvalue weighted by molar-refractivity contribution is -0.116. The van der Waals surface area contributed by atoms with Crippen LogP contribution in [0.4, 0.5) is 5.69 Å². The number of nitrogens with one attached hydrogen (secondary N) is 1. The number of halogens is 2. The van der Waals surface area contributed by atoms with Gasteiger partial charge in [0.15, 0.2) is 0 Å². The number of aromatic nitrogens is 4. The molecular weight excluding hydrogens is 337 g/mol. The maximum atomic E-state index is 12.0. The van der Waals surface area contributed by atoms with E-state index in [9.17, 15) is 4.79 Å². The fourth-order valence-corrected chi connectivity index (χ4v) is 2.44. The molecule has 1 aromatic carbocycles. The van der Waals surface area contributed by atoms with Gasteiger partial charge in [0.2, 0.25) is 5.91 Å². The maximum Gasteiger partial charge on any atom is 0.246 e. The third kappa shape index (κ3) is 4.34. The van der Waals surface area contributed by atoms with E-state index in [0.29, 0.717) is 22.3 Å². The number of rotatable bonds is 5. The van der Waals surface area contributed by atoms with Gasteiger partial charge in [0, 0.05) is 18.1 Å². The molecule has 0 aliphatic heterocycles. The Morgan fingerprint density at radius 3 is 2.43 bits per heavy atom. The van der Waals surface area contributed by atoms with Gasteiger partial charge in [0.1, 0.15) is 6.54 Å². The number of anilines is 1. The fourth-order valence-electron chi connectivity index (χ4n) is 2.13. The number of benzene rings is 1. The Morgan fingerprint density at radius 2 is 1.78 bits per heavy atom. The first-order valence-electron chi connectivity index (χ1n) is 6.83. The molecule has 0 unspecified atom stereocenters. The summed E-state index contributed by atoms with van der Waals surface area (Å²) in [6.45, 7) is 0.677. The lowest BCUT2D eigenvalue weighted by Gasteiger charge is -2.08. The Labute approximate surface area is 142 Å². The third-order valence-electron chi connectivity index (χ3n) is 3.06. The standard InChI is InChI=1S/C15H13Cl2N5O/c16-12-5-18-21(8-12)7-11-2-1-3-14(4-11)20-15(23)10-22-9-13(17)6-19-22/h1-6,8-9H,7,10H2,(H,20,23). The average molecular weight is 350 g/mol. The van der Waals surface area contributed by atoms with Gasteiger partial charge in [-0.25, -0.2) is 0 Å². The number of carbonyl (C=O) groups is 1. The lowest BCUT2D eigenvalue weighted by atomic mass is 10.2. The van der Waals surface area contributed by atoms with Crippen molar-refractivity contribution in [2.24, 2.45) is 0 Å². The Bertz CT molecular complexity index is 827. The maximum absolute atomic E-state index is 12.0. The fraction of sp³-hybridized carbons (Fsp3) is 0.133. The summed E-state index contributed by atoms with van der Waals surface area (Å²) in [4.78, 5) is 12.0. The summed E-state index contributed by atoms with van der Waals surface area (Å²) in [7, 11) is 0. The van der Waals surface area contributed by atoms with E-state index in [0.717, 1.165) is 5.56 Å². The van der Waals surface area contributed by atoms with Crippen LogP contribution in [0.1, 0.15) is 5.56 Å². The van der Waals surface area contributed by atoms with Crippen molar-refractivity contribution in [3.8, 4) is 0 Å². The van der Waals surface area contributed by atoms with Crippen molar-refractivity contribution in [2.75, 3.05) is 5.32 Å². The molecule has 3 rings (SSSR count). The molecule has 0 aliphatic carbocycles. The van der Waals surface area contributed by atoms with Gasteiger partial charge < -0.3 is 5.32 Å². The minimum Gasteiger partial charge on any atom is -0.324 e. The quantitative estimate of drug-likeness (QED) is 0.769. The van der Waals surface area contributed by atoms with E-state index in [1.165, 1.54) is 10.9 Å². The predicted octanol–water partition coefficient (Wildman–Crippen LogP) is 3.07. The topological polar surface area (TPSA) is 64.7 Å². The second kappa shape index (κ2) is 6.85. The van der Waals surface area contributed by atoms with Crippen molar-refractivity contribution in [2.45, 2.75) is 13.1 Å². The molecule has 0 aliphatic rings. The van der Waals surface area contributed by atoms with E-state index in [1.54, 1.807) is 23.3 Å². The van der Waals surface area contributed by atoms with Crippen LogP contribution in [-0.4, -0.2) is 25.5 Å². The molecule has 0 fully saturated rings. The predicted molar refractivity (Wildman–Crippen MR) is 88.6 cm³/mol. The monoisotopic (exact) mass is 349 g/mol. The molecule has 0 atom stereocenters. The van der Waals surface area contributed by atoms with E-state index >= 15 is 0 Å². The molecule has 8 heteroatoms. The van der Waals surface area contributed by atoms with Crippen molar-refractivity contribution < 1.29 is 4.79 Å². The van der Waals surface area contributed by atoms with Crippen LogP contribution in [0.15, 0.2) is 49.1 Å². The van der Waals surface area contributed by atoms with Crippen LogP contribution in [0, 0.1) is 0 Å². The lowest BCUT2D eigenvalue weighted by Crippen LogP contribution is -2.19. The molecule has 1 amide bonds. The Morgan fingerprint density at radius 1 is 1.09 bits per heavy atom. The van der Waals surface area contributed by atoms with E-state index in [-0.39, 0.29) is 12.5 Å². The van der Waals surface area contributed by atoms with Gasteiger partial charge in [-0.1, -0.05) is 35.3 Å². The third-order valence-corrected chi connectivity index (χ3v) is 3.45. The Kier molecular flexibility index (Phi) is 4.64. The number of carbonyl (C=O) groups excluding carboxylic acids is 1. The zero-order chi connectivity index (χ0) is 16.2. The van der Waals surface area contributed by atoms with E-state index in [2.05, 4.69) is 15.5 Å². The van der Waals surface area contributed by atoms with Gasteiger partial charge in [0.05, 0.1) is 29.0 Å². The molecule has 0 saturated carbocycles. The van der Waals surface area contributed by atoms with Gasteiger partial charge >= 0.3 is 0 Å². The van der Waals surface area contributed by atoms with Gasteiger partial charge in [-0.3, -0.25) is 14.2 Å². The highest BCUT2D eigenvalue weighted by atomic mass is 35.5. The number of hydrogen-bond donors (Lipinski definition) is 1. The zero-order valence-corrected chi connectivity index (χ0v) is 13.5. The second-order valence-corrected chi connectivity index (χ2v) is 5.83. The second-order valence-electron chi connectivity index (χ2n) is 4.96. The Balaban J connectivity index is 1.63. The van der Waals surface area contributed by atoms with Crippen LogP contribution in [0.3, 0.4) is 0 Å². The molecule has 23 heavy (non-hydrogen) atoms. The summed E-state index contributed by atoms with van der Waals surface area (Å²) in [5, 5.41) is 12.0. The number of amides is 1. The first-order valence-corrected chi connectivity index (χ1v) is 7.59. The van der Waals surface area contributed by atoms with Crippen LogP contribution in [0.2, 0.25) is 10.0 Å². The van der Waals surface area contributed by atoms with Gasteiger partial charge in [0.25, 0.3) is 0 Å². The minimum absolute atomic E-state index is 0.103. The largest absolute Gasteiger partial charge is 0.324 e. The highest BCUT2D eigenvalue weighted by Gasteiger charge is 2.06. The van der Waals surface area contributed by atoms with Crippen LogP contribution in [-0.2, 0) is 17.9 Å². The molecule has 2 heterocycles. The molecule has 3 aromatic rings. The summed E-state index contributed by atoms with van der Waals surface area (Å²) < 4.78 is 3.21. The van der Waals surface area contributed by atoms with Crippen molar-refractivity contribution in [1.82, 2.24) is 19.6 Å². The molecule has 1 N–H and O–H groups in total. The molecule has 0 spiro atoms. The van der Waals surface area contributed by atoms with Gasteiger partial charge in [-0.2, -0.15) is 10.2 Å². The number of hydrogen-bond acceptors (Lipinski definition) is 3. The van der Waals surface area contributed by atoms with E-state index < -0.39 is 0 Å². The molecule has 118 valence electrons. The molecular formula is C15H13Cl2N5O. The molecule has 2 aromatic heterocycles. The Hall–Kier alpha value is -2.31. The van der Waals surface area contributed by atoms with E-state index in [4.69, 9.17) is 23.2 Å². The average Bonchev–Trinajstić information content (AvgIpc) is 3.08. The first kappa shape index (κ1) is 15.6. The smallest absolute Gasteiger partial charge is 0.246 e. The molecule has 0 radical (unpaired) electrons. The number of nitrogens with zero attached hydrogens (tertiary/aromatic N) is 4. The van der Waals surface area contributed by atoms with Crippen LogP contribution >= 0.6 is 23.2 Å². The minimum atomic E-state index is -0.177. The van der Waals surface area contributed by atoms with Crippen molar-refractivity contribution in [3.05, 3.63) is 64.7 Å². The van der Waals surface area contributed by atoms with Crippen LogP contribution < -0.4 is 5.32 Å². The van der Waals surface area contributed by atoms with E-state index in [1.807, 2.05) is 24.3 Å². The molecule has 0 bridgehead atoms. The van der Waals surface area contributed by atoms with Crippen molar-refractivity contribution in [3.63, 3.8) is 0 Å². The first-order chi connectivity index (χ1) is 11.1. The summed E-state index contributed by atoms with van der Waals surface area (Å²) in [5.74, 6) is -0.177. The van der Waals surface area contributed by atoms with Crippen LogP contribution in [0.5, 0.6) is 0 Å². The highest BCUT2D eigenvalue weighted by molar-refractivity contribution is 6.30. The summed E-state index contributed by atoms with van der Waals surface area (Å²) in [5.41, 5.74) is 1.72. The van der Waals surface area contributed by atoms with Crippen LogP contribution in [0.25, 0.3) is 0 Å². The summed E-state index contributed by atoms with van der Waals surface area (Å²) in [6.07, 6.45) is 6.42. The van der Waals surface area contributed by atoms with Gasteiger partial charge in [-0.05, 0) is 17.7 Å². The molecule has 6 nitrogen and oxygen atoms in total. The normalized spacial score (nSPS) is 10.7. The SMILES string of the molecule is O=C(Cn1cc(Cl)cn1)Nc1cccc(Cn2cc(Cl)cn2)c1. The van der Waals surface area contributed by atoms with Gasteiger partial charge in [-0.15, -0.1) is 0 Å². The highest BCUT2D eigenvalue weighted by Crippen LogP contribution is 2.13. The van der Waals surface area contributed by atoms with Crippen molar-refractivity contribution >= 4 is 34.8 Å². The summed E-state index contributed by atoms with van der Waals surface area (Å²) in [6, 6.07) is 7.55. The molecule has 0 saturated heterocycles. The summed E-state index contributed by atoms with van der Waals surface area (Å²) >= 11 is 11.6.